The number of anilines is 1. The Balaban J connectivity index is 1.09. The second-order valence-electron chi connectivity index (χ2n) is 9.45. The van der Waals surface area contributed by atoms with Gasteiger partial charge in [0, 0.05) is 32.8 Å². The molecular weight excluding hydrogens is 522 g/mol. The third-order valence-electron chi connectivity index (χ3n) is 7.00. The van der Waals surface area contributed by atoms with Gasteiger partial charge in [0.05, 0.1) is 6.54 Å². The number of aromatic nitrogens is 3. The lowest BCUT2D eigenvalue weighted by molar-refractivity contribution is -0.144. The van der Waals surface area contributed by atoms with Crippen molar-refractivity contribution in [1.82, 2.24) is 30.7 Å². The molecule has 194 valence electrons. The van der Waals surface area contributed by atoms with Gasteiger partial charge in [0.15, 0.2) is 0 Å². The standard InChI is InChI=1S/C26H25N7O3S2/c27-21-11-20-15(12-28-21)10-17(37-20)13-29-22(34)19-9-7-16-6-8-18(26(36)33(16)19)30-23(35)25-32-31-24(38-25)14-4-2-1-3-5-14/h1-5,10-12,16,18-19H,6-9,13H2,(H2,27,28)(H,29,34)(H,30,35)/t16-,18+,19+/m1/s1. The summed E-state index contributed by atoms with van der Waals surface area (Å²) in [4.78, 5) is 46.2. The Kier molecular flexibility index (Phi) is 6.50. The molecule has 2 saturated heterocycles. The number of fused-ring (bicyclic) bond motifs is 2. The van der Waals surface area contributed by atoms with Crippen LogP contribution in [0.2, 0.25) is 0 Å². The molecule has 2 fully saturated rings. The van der Waals surface area contributed by atoms with Crippen molar-refractivity contribution in [2.45, 2.75) is 50.4 Å². The van der Waals surface area contributed by atoms with E-state index < -0.39 is 18.0 Å². The molecule has 2 aliphatic rings. The normalized spacial score (nSPS) is 20.9. The number of amides is 3. The van der Waals surface area contributed by atoms with Crippen molar-refractivity contribution < 1.29 is 14.4 Å². The van der Waals surface area contributed by atoms with Crippen molar-refractivity contribution in [3.8, 4) is 10.6 Å². The van der Waals surface area contributed by atoms with Crippen LogP contribution < -0.4 is 16.4 Å². The molecule has 10 nitrogen and oxygen atoms in total. The fourth-order valence-electron chi connectivity index (χ4n) is 5.17. The number of pyridine rings is 1. The molecule has 1 aromatic carbocycles. The number of rotatable bonds is 6. The summed E-state index contributed by atoms with van der Waals surface area (Å²) in [5, 5.41) is 15.8. The van der Waals surface area contributed by atoms with E-state index in [1.165, 1.54) is 11.3 Å². The number of piperidine rings is 1. The topological polar surface area (TPSA) is 143 Å². The lowest BCUT2D eigenvalue weighted by Crippen LogP contribution is -2.58. The Labute approximate surface area is 226 Å². The molecular formula is C26H25N7O3S2. The van der Waals surface area contributed by atoms with Gasteiger partial charge in [0.2, 0.25) is 16.8 Å². The van der Waals surface area contributed by atoms with Crippen LogP contribution in [0.5, 0.6) is 0 Å². The Hall–Kier alpha value is -3.90. The van der Waals surface area contributed by atoms with E-state index in [0.29, 0.717) is 30.2 Å². The van der Waals surface area contributed by atoms with Gasteiger partial charge >= 0.3 is 0 Å². The summed E-state index contributed by atoms with van der Waals surface area (Å²) in [6.07, 6.45) is 4.36. The molecule has 3 atom stereocenters. The second kappa shape index (κ2) is 10.1. The highest BCUT2D eigenvalue weighted by molar-refractivity contribution is 7.19. The predicted octanol–water partition coefficient (Wildman–Crippen LogP) is 2.97. The van der Waals surface area contributed by atoms with Crippen molar-refractivity contribution in [3.63, 3.8) is 0 Å². The molecule has 38 heavy (non-hydrogen) atoms. The maximum absolute atomic E-state index is 13.4. The van der Waals surface area contributed by atoms with Gasteiger partial charge in [-0.2, -0.15) is 0 Å². The highest BCUT2D eigenvalue weighted by Crippen LogP contribution is 2.33. The van der Waals surface area contributed by atoms with Gasteiger partial charge in [0.1, 0.15) is 22.9 Å². The summed E-state index contributed by atoms with van der Waals surface area (Å²) in [5.41, 5.74) is 6.65. The van der Waals surface area contributed by atoms with E-state index in [9.17, 15) is 14.4 Å². The van der Waals surface area contributed by atoms with Crippen molar-refractivity contribution in [3.05, 3.63) is 58.5 Å². The summed E-state index contributed by atoms with van der Waals surface area (Å²) in [7, 11) is 0. The largest absolute Gasteiger partial charge is 0.384 e. The Morgan fingerprint density at radius 1 is 1.05 bits per heavy atom. The van der Waals surface area contributed by atoms with Crippen LogP contribution in [0.1, 0.15) is 40.4 Å². The number of nitrogens with zero attached hydrogens (tertiary/aromatic N) is 4. The number of nitrogens with one attached hydrogen (secondary N) is 2. The van der Waals surface area contributed by atoms with E-state index in [2.05, 4.69) is 25.8 Å². The minimum absolute atomic E-state index is 0.0102. The molecule has 0 saturated carbocycles. The van der Waals surface area contributed by atoms with E-state index in [0.717, 1.165) is 33.4 Å². The summed E-state index contributed by atoms with van der Waals surface area (Å²) in [5.74, 6) is -0.371. The van der Waals surface area contributed by atoms with Gasteiger partial charge in [-0.05, 0) is 37.8 Å². The van der Waals surface area contributed by atoms with E-state index in [4.69, 9.17) is 5.73 Å². The fraction of sp³-hybridized carbons (Fsp3) is 0.308. The van der Waals surface area contributed by atoms with Gasteiger partial charge in [-0.3, -0.25) is 14.4 Å². The van der Waals surface area contributed by atoms with Crippen LogP contribution in [0.15, 0.2) is 48.7 Å². The van der Waals surface area contributed by atoms with Crippen LogP contribution in [0.25, 0.3) is 20.7 Å². The first-order valence-corrected chi connectivity index (χ1v) is 14.0. The van der Waals surface area contributed by atoms with E-state index >= 15 is 0 Å². The van der Waals surface area contributed by atoms with Crippen LogP contribution in [-0.2, 0) is 16.1 Å². The number of hydrogen-bond acceptors (Lipinski definition) is 9. The van der Waals surface area contributed by atoms with Crippen LogP contribution in [-0.4, -0.2) is 55.9 Å². The number of nitrogens with two attached hydrogens (primary N) is 1. The Morgan fingerprint density at radius 3 is 2.71 bits per heavy atom. The first kappa shape index (κ1) is 24.4. The first-order chi connectivity index (χ1) is 18.5. The molecule has 4 N–H and O–H groups in total. The number of thiophene rings is 1. The van der Waals surface area contributed by atoms with Crippen molar-refractivity contribution in [1.29, 1.82) is 0 Å². The fourth-order valence-corrected chi connectivity index (χ4v) is 6.94. The third kappa shape index (κ3) is 4.72. The lowest BCUT2D eigenvalue weighted by atomic mass is 9.98. The number of carbonyl (C=O) groups is 3. The van der Waals surface area contributed by atoms with E-state index in [-0.39, 0.29) is 22.9 Å². The van der Waals surface area contributed by atoms with Crippen LogP contribution in [0.3, 0.4) is 0 Å². The highest BCUT2D eigenvalue weighted by atomic mass is 32.1. The maximum Gasteiger partial charge on any atom is 0.282 e. The average molecular weight is 548 g/mol. The summed E-state index contributed by atoms with van der Waals surface area (Å²) >= 11 is 2.73. The Bertz CT molecular complexity index is 1520. The molecule has 3 aromatic heterocycles. The molecule has 0 spiro atoms. The minimum atomic E-state index is -0.697. The third-order valence-corrected chi connectivity index (χ3v) is 9.07. The molecule has 12 heteroatoms. The van der Waals surface area contributed by atoms with E-state index in [1.807, 2.05) is 42.5 Å². The van der Waals surface area contributed by atoms with Crippen LogP contribution in [0, 0.1) is 0 Å². The molecule has 6 rings (SSSR count). The Morgan fingerprint density at radius 2 is 1.87 bits per heavy atom. The van der Waals surface area contributed by atoms with Crippen molar-refractivity contribution >= 4 is 56.3 Å². The van der Waals surface area contributed by atoms with Crippen molar-refractivity contribution in [2.24, 2.45) is 0 Å². The monoisotopic (exact) mass is 547 g/mol. The molecule has 5 heterocycles. The molecule has 4 aromatic rings. The minimum Gasteiger partial charge on any atom is -0.384 e. The van der Waals surface area contributed by atoms with E-state index in [1.54, 1.807) is 22.4 Å². The molecule has 0 unspecified atom stereocenters. The van der Waals surface area contributed by atoms with Gasteiger partial charge in [-0.1, -0.05) is 41.7 Å². The first-order valence-electron chi connectivity index (χ1n) is 12.4. The molecule has 0 radical (unpaired) electrons. The predicted molar refractivity (Wildman–Crippen MR) is 145 cm³/mol. The summed E-state index contributed by atoms with van der Waals surface area (Å²) in [6.45, 7) is 0.363. The lowest BCUT2D eigenvalue weighted by Gasteiger charge is -2.37. The van der Waals surface area contributed by atoms with Gasteiger partial charge in [-0.25, -0.2) is 4.98 Å². The van der Waals surface area contributed by atoms with Gasteiger partial charge in [-0.15, -0.1) is 21.5 Å². The second-order valence-corrected chi connectivity index (χ2v) is 11.6. The van der Waals surface area contributed by atoms with Crippen LogP contribution in [0.4, 0.5) is 5.82 Å². The zero-order valence-corrected chi connectivity index (χ0v) is 21.9. The van der Waals surface area contributed by atoms with Crippen LogP contribution >= 0.6 is 22.7 Å². The average Bonchev–Trinajstić information content (AvgIpc) is 3.67. The highest BCUT2D eigenvalue weighted by Gasteiger charge is 2.46. The zero-order valence-electron chi connectivity index (χ0n) is 20.3. The number of hydrogen-bond donors (Lipinski definition) is 3. The van der Waals surface area contributed by atoms with Gasteiger partial charge in [0.25, 0.3) is 5.91 Å². The van der Waals surface area contributed by atoms with Crippen molar-refractivity contribution in [2.75, 3.05) is 5.73 Å². The molecule has 2 aliphatic heterocycles. The van der Waals surface area contributed by atoms with Gasteiger partial charge < -0.3 is 21.3 Å². The summed E-state index contributed by atoms with van der Waals surface area (Å²) < 4.78 is 1.01. The zero-order chi connectivity index (χ0) is 26.2. The molecule has 3 amide bonds. The number of nitrogen functional groups attached to an aromatic ring is 1. The maximum atomic E-state index is 13.4. The number of benzene rings is 1. The number of carbonyl (C=O) groups excluding carboxylic acids is 3. The summed E-state index contributed by atoms with van der Waals surface area (Å²) in [6, 6.07) is 12.1. The molecule has 0 bridgehead atoms. The quantitative estimate of drug-likeness (QED) is 0.337. The SMILES string of the molecule is Nc1cc2sc(CNC(=O)[C@@H]3CC[C@H]4CC[C@H](NC(=O)c5nnc(-c6ccccc6)s5)C(=O)N43)cc2cn1. The molecule has 0 aliphatic carbocycles. The smallest absolute Gasteiger partial charge is 0.282 e.